The van der Waals surface area contributed by atoms with Gasteiger partial charge in [-0.25, -0.2) is 19.6 Å². The Balaban J connectivity index is 1.94. The number of anilines is 1. The number of nitrogens with zero attached hydrogens (tertiary/aromatic N) is 5. The lowest BCUT2D eigenvalue weighted by Crippen LogP contribution is -2.38. The maximum absolute atomic E-state index is 13.3. The number of aryl methyl sites for hydroxylation is 1. The molecule has 0 bridgehead atoms. The molecule has 0 aliphatic carbocycles. The summed E-state index contributed by atoms with van der Waals surface area (Å²) in [6.07, 6.45) is 4.23. The molecule has 1 atom stereocenters. The van der Waals surface area contributed by atoms with Gasteiger partial charge in [0, 0.05) is 23.5 Å². The smallest absolute Gasteiger partial charge is 0.415 e. The van der Waals surface area contributed by atoms with E-state index in [-0.39, 0.29) is 12.6 Å². The van der Waals surface area contributed by atoms with Crippen LogP contribution in [0.1, 0.15) is 64.6 Å². The highest BCUT2D eigenvalue weighted by atomic mass is 32.1. The van der Waals surface area contributed by atoms with Crippen LogP contribution in [0.15, 0.2) is 24.8 Å². The summed E-state index contributed by atoms with van der Waals surface area (Å²) in [4.78, 5) is 36.2. The lowest BCUT2D eigenvalue weighted by molar-refractivity contribution is 0.0507. The first-order chi connectivity index (χ1) is 16.7. The predicted octanol–water partition coefficient (Wildman–Crippen LogP) is 5.19. The molecule has 2 amide bonds. The van der Waals surface area contributed by atoms with Crippen molar-refractivity contribution in [2.24, 2.45) is 0 Å². The fraction of sp³-hybridized carbons (Fsp3) is 0.520. The third kappa shape index (κ3) is 7.33. The summed E-state index contributed by atoms with van der Waals surface area (Å²) in [5.41, 5.74) is 1.64. The van der Waals surface area contributed by atoms with Crippen molar-refractivity contribution >= 4 is 39.4 Å². The van der Waals surface area contributed by atoms with Gasteiger partial charge in [-0.15, -0.1) is 16.4 Å². The average molecular weight is 515 g/mol. The van der Waals surface area contributed by atoms with E-state index >= 15 is 0 Å². The van der Waals surface area contributed by atoms with Gasteiger partial charge < -0.3 is 14.8 Å². The Hall–Kier alpha value is -3.34. The summed E-state index contributed by atoms with van der Waals surface area (Å²) in [5.74, 6) is 0. The molecule has 0 aromatic carbocycles. The number of carbonyl (C=O) groups is 2. The molecule has 3 rings (SSSR count). The monoisotopic (exact) mass is 514 g/mol. The quantitative estimate of drug-likeness (QED) is 0.477. The molecular weight excluding hydrogens is 480 g/mol. The second-order valence-corrected chi connectivity index (χ2v) is 11.7. The second-order valence-electron chi connectivity index (χ2n) is 10.6. The number of nitrogens with one attached hydrogen (secondary N) is 1. The van der Waals surface area contributed by atoms with Crippen molar-refractivity contribution in [2.45, 2.75) is 85.6 Å². The number of ether oxygens (including phenoxy) is 2. The molecule has 0 aliphatic heterocycles. The fourth-order valence-electron chi connectivity index (χ4n) is 3.41. The van der Waals surface area contributed by atoms with Crippen LogP contribution in [0, 0.1) is 6.92 Å². The van der Waals surface area contributed by atoms with E-state index in [9.17, 15) is 9.59 Å². The van der Waals surface area contributed by atoms with Gasteiger partial charge in [0.15, 0.2) is 0 Å². The minimum Gasteiger partial charge on any atom is -0.444 e. The van der Waals surface area contributed by atoms with Crippen LogP contribution in [-0.2, 0) is 22.4 Å². The molecule has 10 nitrogen and oxygen atoms in total. The standard InChI is InChI=1S/C25H34N6O4S/c1-15(29-22(32)34-24(3,4)5)11-19-16(2)20-21(36-19)18(12-28-30-20)31(23(33)35-25(6,7)8)13-17-9-10-26-14-27-17/h9-10,12,14-15H,11,13H2,1-8H3,(H,29,32). The van der Waals surface area contributed by atoms with E-state index in [1.165, 1.54) is 22.6 Å². The third-order valence-corrected chi connectivity index (χ3v) is 6.23. The lowest BCUT2D eigenvalue weighted by Gasteiger charge is -2.27. The van der Waals surface area contributed by atoms with Crippen LogP contribution < -0.4 is 10.2 Å². The van der Waals surface area contributed by atoms with Crippen molar-refractivity contribution < 1.29 is 19.1 Å². The van der Waals surface area contributed by atoms with Crippen LogP contribution in [0.4, 0.5) is 15.3 Å². The van der Waals surface area contributed by atoms with Gasteiger partial charge >= 0.3 is 12.2 Å². The van der Waals surface area contributed by atoms with Gasteiger partial charge in [0.1, 0.15) is 23.0 Å². The Morgan fingerprint density at radius 1 is 1.14 bits per heavy atom. The summed E-state index contributed by atoms with van der Waals surface area (Å²) >= 11 is 1.52. The van der Waals surface area contributed by atoms with Crippen LogP contribution in [0.5, 0.6) is 0 Å². The van der Waals surface area contributed by atoms with Gasteiger partial charge in [0.25, 0.3) is 0 Å². The summed E-state index contributed by atoms with van der Waals surface area (Å²) in [5, 5.41) is 11.4. The topological polar surface area (TPSA) is 119 Å². The molecule has 0 saturated heterocycles. The normalized spacial score (nSPS) is 12.8. The molecule has 3 aromatic rings. The van der Waals surface area contributed by atoms with Gasteiger partial charge in [0.2, 0.25) is 0 Å². The largest absolute Gasteiger partial charge is 0.444 e. The molecule has 3 heterocycles. The zero-order chi connectivity index (χ0) is 26.7. The molecule has 3 aromatic heterocycles. The Morgan fingerprint density at radius 2 is 1.83 bits per heavy atom. The van der Waals surface area contributed by atoms with E-state index in [2.05, 4.69) is 25.5 Å². The highest BCUT2D eigenvalue weighted by Crippen LogP contribution is 2.37. The van der Waals surface area contributed by atoms with Crippen molar-refractivity contribution in [3.05, 3.63) is 40.9 Å². The number of thiophene rings is 1. The molecule has 194 valence electrons. The molecule has 0 spiro atoms. The number of aromatic nitrogens is 4. The fourth-order valence-corrected chi connectivity index (χ4v) is 4.80. The van der Waals surface area contributed by atoms with E-state index in [1.807, 2.05) is 55.4 Å². The Kier molecular flexibility index (Phi) is 8.12. The zero-order valence-electron chi connectivity index (χ0n) is 22.1. The lowest BCUT2D eigenvalue weighted by atomic mass is 10.1. The number of hydrogen-bond acceptors (Lipinski definition) is 9. The Bertz CT molecular complexity index is 1220. The third-order valence-electron chi connectivity index (χ3n) is 4.91. The minimum absolute atomic E-state index is 0.175. The number of alkyl carbamates (subject to hydrolysis) is 1. The SMILES string of the molecule is Cc1c(CC(C)NC(=O)OC(C)(C)C)sc2c(N(Cc3ccncn3)C(=O)OC(C)(C)C)cnnc12. The molecule has 36 heavy (non-hydrogen) atoms. The van der Waals surface area contributed by atoms with Crippen LogP contribution in [-0.4, -0.2) is 49.6 Å². The predicted molar refractivity (Wildman–Crippen MR) is 139 cm³/mol. The maximum atomic E-state index is 13.3. The minimum atomic E-state index is -0.681. The van der Waals surface area contributed by atoms with Gasteiger partial charge in [-0.2, -0.15) is 5.10 Å². The van der Waals surface area contributed by atoms with Crippen LogP contribution in [0.3, 0.4) is 0 Å². The van der Waals surface area contributed by atoms with E-state index in [1.54, 1.807) is 18.5 Å². The van der Waals surface area contributed by atoms with Gasteiger partial charge in [-0.1, -0.05) is 0 Å². The number of rotatable bonds is 6. The highest BCUT2D eigenvalue weighted by molar-refractivity contribution is 7.19. The maximum Gasteiger partial charge on any atom is 0.415 e. The average Bonchev–Trinajstić information content (AvgIpc) is 3.05. The first-order valence-corrected chi connectivity index (χ1v) is 12.5. The van der Waals surface area contributed by atoms with Crippen molar-refractivity contribution in [1.29, 1.82) is 0 Å². The Morgan fingerprint density at radius 3 is 2.44 bits per heavy atom. The van der Waals surface area contributed by atoms with E-state index in [0.717, 1.165) is 15.1 Å². The zero-order valence-corrected chi connectivity index (χ0v) is 22.9. The molecule has 0 saturated carbocycles. The molecule has 1 N–H and O–H groups in total. The number of hydrogen-bond donors (Lipinski definition) is 1. The number of carbonyl (C=O) groups excluding carboxylic acids is 2. The van der Waals surface area contributed by atoms with Crippen LogP contribution in [0.25, 0.3) is 10.2 Å². The molecular formula is C25H34N6O4S. The van der Waals surface area contributed by atoms with Crippen LogP contribution >= 0.6 is 11.3 Å². The number of amides is 2. The molecule has 0 fully saturated rings. The summed E-state index contributed by atoms with van der Waals surface area (Å²) in [7, 11) is 0. The van der Waals surface area contributed by atoms with Crippen molar-refractivity contribution in [3.8, 4) is 0 Å². The summed E-state index contributed by atoms with van der Waals surface area (Å²) in [6, 6.07) is 1.57. The highest BCUT2D eigenvalue weighted by Gasteiger charge is 2.28. The molecule has 11 heteroatoms. The molecule has 0 radical (unpaired) electrons. The second kappa shape index (κ2) is 10.7. The van der Waals surface area contributed by atoms with Crippen molar-refractivity contribution in [1.82, 2.24) is 25.5 Å². The van der Waals surface area contributed by atoms with Crippen molar-refractivity contribution in [3.63, 3.8) is 0 Å². The van der Waals surface area contributed by atoms with E-state index < -0.39 is 23.4 Å². The van der Waals surface area contributed by atoms with E-state index in [0.29, 0.717) is 23.3 Å². The van der Waals surface area contributed by atoms with E-state index in [4.69, 9.17) is 9.47 Å². The Labute approximate surface area is 215 Å². The van der Waals surface area contributed by atoms with Gasteiger partial charge in [-0.3, -0.25) is 4.90 Å². The van der Waals surface area contributed by atoms with Crippen LogP contribution in [0.2, 0.25) is 0 Å². The first-order valence-electron chi connectivity index (χ1n) is 11.7. The number of fused-ring (bicyclic) bond motifs is 1. The van der Waals surface area contributed by atoms with Crippen molar-refractivity contribution in [2.75, 3.05) is 4.90 Å². The molecule has 0 aliphatic rings. The summed E-state index contributed by atoms with van der Waals surface area (Å²) in [6.45, 7) is 15.0. The van der Waals surface area contributed by atoms with Gasteiger partial charge in [-0.05, 0) is 67.0 Å². The van der Waals surface area contributed by atoms with Gasteiger partial charge in [0.05, 0.1) is 28.8 Å². The summed E-state index contributed by atoms with van der Waals surface area (Å²) < 4.78 is 11.9. The molecule has 1 unspecified atom stereocenters. The first kappa shape index (κ1) is 27.3.